The Kier molecular flexibility index (Phi) is 6.78. The molecule has 2 aliphatic heterocycles. The first-order valence-corrected chi connectivity index (χ1v) is 12.6. The van der Waals surface area contributed by atoms with Gasteiger partial charge in [-0.1, -0.05) is 0 Å². The number of fused-ring (bicyclic) bond motifs is 1. The second kappa shape index (κ2) is 8.61. The smallest absolute Gasteiger partial charge is 0.387 e. The molecule has 0 aliphatic carbocycles. The molecule has 0 saturated carbocycles. The van der Waals surface area contributed by atoms with Gasteiger partial charge in [-0.3, -0.25) is 9.09 Å². The third-order valence-corrected chi connectivity index (χ3v) is 7.76. The van der Waals surface area contributed by atoms with Gasteiger partial charge in [0.25, 0.3) is 0 Å². The van der Waals surface area contributed by atoms with Gasteiger partial charge in [-0.2, -0.15) is 8.62 Å². The average molecular weight is 509 g/mol. The van der Waals surface area contributed by atoms with Crippen molar-refractivity contribution in [1.29, 1.82) is 0 Å². The molecule has 1 fully saturated rings. The van der Waals surface area contributed by atoms with E-state index in [2.05, 4.69) is 28.4 Å². The fourth-order valence-electron chi connectivity index (χ4n) is 2.76. The molecule has 0 aromatic carbocycles. The number of imidazole rings is 1. The molecule has 6 atom stereocenters. The summed E-state index contributed by atoms with van der Waals surface area (Å²) in [4.78, 5) is 43.5. The van der Waals surface area contributed by atoms with E-state index in [1.165, 1.54) is 10.9 Å². The summed E-state index contributed by atoms with van der Waals surface area (Å²) in [7, 11) is -16.7. The lowest BCUT2D eigenvalue weighted by atomic mass is 10.1. The lowest BCUT2D eigenvalue weighted by Gasteiger charge is -2.21. The first kappa shape index (κ1) is 24.4. The Balaban J connectivity index is 1.66. The number of rotatable bonds is 8. The maximum atomic E-state index is 11.8. The zero-order chi connectivity index (χ0) is 23.2. The summed E-state index contributed by atoms with van der Waals surface area (Å²) in [5.74, 6) is 0.460. The molecule has 1 saturated heterocycles. The normalized spacial score (nSPS) is 30.1. The average Bonchev–Trinajstić information content (AvgIpc) is 3.13. The minimum atomic E-state index is -5.69. The van der Waals surface area contributed by atoms with E-state index in [-0.39, 0.29) is 18.2 Å². The van der Waals surface area contributed by atoms with Gasteiger partial charge in [-0.15, -0.1) is 0 Å². The van der Waals surface area contributed by atoms with Crippen LogP contribution in [0.3, 0.4) is 0 Å². The molecule has 21 heteroatoms. The highest BCUT2D eigenvalue weighted by Gasteiger charge is 2.47. The molecule has 176 valence electrons. The van der Waals surface area contributed by atoms with Gasteiger partial charge in [0.1, 0.15) is 42.3 Å². The molecule has 3 rings (SSSR count). The van der Waals surface area contributed by atoms with Gasteiger partial charge >= 0.3 is 23.5 Å². The first-order valence-electron chi connectivity index (χ1n) is 8.10. The van der Waals surface area contributed by atoms with Crippen LogP contribution in [0.1, 0.15) is 11.9 Å². The number of nitrogens with one attached hydrogen (secondary N) is 1. The predicted octanol–water partition coefficient (Wildman–Crippen LogP) is -2.07. The van der Waals surface area contributed by atoms with Crippen molar-refractivity contribution in [3.63, 3.8) is 0 Å². The minimum absolute atomic E-state index is 0.116. The highest BCUT2D eigenvalue weighted by molar-refractivity contribution is 7.66. The number of phosphoric acid groups is 3. The van der Waals surface area contributed by atoms with Crippen LogP contribution >= 0.6 is 23.5 Å². The molecule has 0 radical (unpaired) electrons. The number of nitrogens with two attached hydrogens (primary N) is 1. The zero-order valence-corrected chi connectivity index (χ0v) is 17.8. The summed E-state index contributed by atoms with van der Waals surface area (Å²) >= 11 is 0. The number of hydrogen-bond donors (Lipinski definition) is 8. The van der Waals surface area contributed by atoms with E-state index in [1.54, 1.807) is 0 Å². The molecule has 9 N–H and O–H groups in total. The Labute approximate surface area is 172 Å². The quantitative estimate of drug-likeness (QED) is 0.175. The highest BCUT2D eigenvalue weighted by atomic mass is 31.3. The van der Waals surface area contributed by atoms with Crippen molar-refractivity contribution in [3.8, 4) is 0 Å². The van der Waals surface area contributed by atoms with Crippen LogP contribution in [0, 0.1) is 0 Å². The molecule has 1 aromatic rings. The minimum Gasteiger partial charge on any atom is -0.387 e. The van der Waals surface area contributed by atoms with Gasteiger partial charge in [0, 0.05) is 0 Å². The Hall–Kier alpha value is -1.23. The monoisotopic (exact) mass is 509 g/mol. The number of ether oxygens (including phenoxy) is 1. The van der Waals surface area contributed by atoms with E-state index < -0.39 is 54.6 Å². The zero-order valence-electron chi connectivity index (χ0n) is 15.1. The number of anilines is 1. The fourth-order valence-corrected chi connectivity index (χ4v) is 5.79. The van der Waals surface area contributed by atoms with E-state index in [0.29, 0.717) is 5.82 Å². The highest BCUT2D eigenvalue weighted by Crippen LogP contribution is 2.66. The summed E-state index contributed by atoms with van der Waals surface area (Å²) in [6.45, 7) is -0.822. The SMILES string of the molecule is NC1=NCNc2c1ncn2[C@@H]1O[C@H](COP(=O)(O)OP(=O)(O)OP(=O)(O)O)[C@@H](O)[C@H]1O. The Bertz CT molecular complexity index is 1010. The van der Waals surface area contributed by atoms with E-state index in [1.807, 2.05) is 0 Å². The van der Waals surface area contributed by atoms with Crippen LogP contribution < -0.4 is 11.1 Å². The summed E-state index contributed by atoms with van der Waals surface area (Å²) in [5.41, 5.74) is 5.99. The van der Waals surface area contributed by atoms with Crippen molar-refractivity contribution >= 4 is 35.1 Å². The molecule has 0 bridgehead atoms. The van der Waals surface area contributed by atoms with Gasteiger partial charge in [0.05, 0.1) is 12.9 Å². The van der Waals surface area contributed by atoms with Gasteiger partial charge < -0.3 is 45.6 Å². The van der Waals surface area contributed by atoms with Crippen LogP contribution in [0.4, 0.5) is 5.82 Å². The Morgan fingerprint density at radius 1 is 1.16 bits per heavy atom. The van der Waals surface area contributed by atoms with E-state index in [4.69, 9.17) is 25.2 Å². The first-order chi connectivity index (χ1) is 14.2. The second-order valence-corrected chi connectivity index (χ2v) is 10.6. The lowest BCUT2D eigenvalue weighted by molar-refractivity contribution is -0.0510. The van der Waals surface area contributed by atoms with Gasteiger partial charge in [-0.25, -0.2) is 23.7 Å². The largest absolute Gasteiger partial charge is 0.490 e. The van der Waals surface area contributed by atoms with Crippen LogP contribution in [0.15, 0.2) is 11.3 Å². The number of aliphatic imine (C=N–C) groups is 1. The molecular formula is C10H18N5O13P3. The topological polar surface area (TPSA) is 278 Å². The van der Waals surface area contributed by atoms with E-state index in [0.717, 1.165) is 0 Å². The molecule has 3 heterocycles. The number of aromatic nitrogens is 2. The molecule has 0 spiro atoms. The molecule has 0 amide bonds. The van der Waals surface area contributed by atoms with Crippen LogP contribution in [0.25, 0.3) is 0 Å². The van der Waals surface area contributed by atoms with Crippen LogP contribution in [0.2, 0.25) is 0 Å². The lowest BCUT2D eigenvalue weighted by Crippen LogP contribution is -2.34. The number of aliphatic hydroxyl groups is 2. The Morgan fingerprint density at radius 3 is 2.48 bits per heavy atom. The summed E-state index contributed by atoms with van der Waals surface area (Å²) in [5, 5.41) is 23.3. The van der Waals surface area contributed by atoms with Crippen molar-refractivity contribution in [3.05, 3.63) is 12.0 Å². The van der Waals surface area contributed by atoms with Gasteiger partial charge in [0.15, 0.2) is 6.23 Å². The van der Waals surface area contributed by atoms with Crippen LogP contribution in [0.5, 0.6) is 0 Å². The van der Waals surface area contributed by atoms with Crippen molar-refractivity contribution in [2.24, 2.45) is 10.7 Å². The standard InChI is InChI=1S/C10H18N5O13P3/c11-8-5-9(13-2-12-8)15(3-14-5)10-7(17)6(16)4(26-10)1-25-30(21,22)28-31(23,24)27-29(18,19)20/h3-4,6-7,10,13,16-17H,1-2H2,(H2,11,12)(H,21,22)(H,23,24)(H2,18,19,20)/t4-,6-,7-,10-/m1/s1. The van der Waals surface area contributed by atoms with Gasteiger partial charge in [0.2, 0.25) is 0 Å². The summed E-state index contributed by atoms with van der Waals surface area (Å²) in [6.07, 6.45) is -4.63. The number of amidine groups is 1. The van der Waals surface area contributed by atoms with Crippen molar-refractivity contribution in [1.82, 2.24) is 9.55 Å². The number of phosphoric ester groups is 1. The summed E-state index contributed by atoms with van der Waals surface area (Å²) in [6, 6.07) is 0. The maximum Gasteiger partial charge on any atom is 0.490 e. The van der Waals surface area contributed by atoms with E-state index in [9.17, 15) is 28.8 Å². The fraction of sp³-hybridized carbons (Fsp3) is 0.600. The van der Waals surface area contributed by atoms with Crippen molar-refractivity contribution < 1.29 is 61.4 Å². The number of nitrogens with zero attached hydrogens (tertiary/aromatic N) is 3. The van der Waals surface area contributed by atoms with E-state index >= 15 is 0 Å². The molecule has 2 unspecified atom stereocenters. The Morgan fingerprint density at radius 2 is 1.84 bits per heavy atom. The molecule has 2 aliphatic rings. The maximum absolute atomic E-state index is 11.8. The third-order valence-electron chi connectivity index (χ3n) is 3.96. The van der Waals surface area contributed by atoms with Crippen LogP contribution in [-0.4, -0.2) is 76.8 Å². The molecule has 18 nitrogen and oxygen atoms in total. The number of aliphatic hydroxyl groups excluding tert-OH is 2. The molecule has 31 heavy (non-hydrogen) atoms. The van der Waals surface area contributed by atoms with Crippen LogP contribution in [-0.2, 0) is 31.6 Å². The van der Waals surface area contributed by atoms with Crippen molar-refractivity contribution in [2.75, 3.05) is 18.6 Å². The molecule has 1 aromatic heterocycles. The predicted molar refractivity (Wildman–Crippen MR) is 97.2 cm³/mol. The molecular weight excluding hydrogens is 491 g/mol. The third kappa shape index (κ3) is 5.77. The second-order valence-electron chi connectivity index (χ2n) is 6.16. The van der Waals surface area contributed by atoms with Crippen molar-refractivity contribution in [2.45, 2.75) is 24.5 Å². The summed E-state index contributed by atoms with van der Waals surface area (Å²) < 4.78 is 52.1. The number of hydrogen-bond acceptors (Lipinski definition) is 13. The van der Waals surface area contributed by atoms with Gasteiger partial charge in [-0.05, 0) is 0 Å².